The lowest BCUT2D eigenvalue weighted by Gasteiger charge is -2.30. The number of ether oxygens (including phenoxy) is 1. The zero-order valence-electron chi connectivity index (χ0n) is 13.4. The number of carbonyl (C=O) groups is 1. The minimum atomic E-state index is 0.0862. The number of nitrogens with zero attached hydrogens (tertiary/aromatic N) is 2. The molecule has 0 spiro atoms. The molecule has 2 aliphatic heterocycles. The summed E-state index contributed by atoms with van der Waals surface area (Å²) in [5.74, 6) is 0.384. The topological polar surface area (TPSA) is 32.8 Å². The second kappa shape index (κ2) is 7.25. The summed E-state index contributed by atoms with van der Waals surface area (Å²) < 4.78 is 5.38. The molecule has 3 rings (SSSR count). The van der Waals surface area contributed by atoms with Crippen molar-refractivity contribution in [1.29, 1.82) is 0 Å². The molecule has 0 aromatic heterocycles. The molecule has 2 saturated heterocycles. The molecule has 120 valence electrons. The highest BCUT2D eigenvalue weighted by molar-refractivity contribution is 5.79. The van der Waals surface area contributed by atoms with E-state index in [9.17, 15) is 4.79 Å². The van der Waals surface area contributed by atoms with Gasteiger partial charge in [-0.2, -0.15) is 0 Å². The predicted molar refractivity (Wildman–Crippen MR) is 86.4 cm³/mol. The molecule has 2 heterocycles. The first-order chi connectivity index (χ1) is 10.7. The quantitative estimate of drug-likeness (QED) is 0.857. The minimum absolute atomic E-state index is 0.0862. The molecule has 22 heavy (non-hydrogen) atoms. The smallest absolute Gasteiger partial charge is 0.228 e. The minimum Gasteiger partial charge on any atom is -0.381 e. The summed E-state index contributed by atoms with van der Waals surface area (Å²) >= 11 is 0. The third-order valence-electron chi connectivity index (χ3n) is 4.74. The summed E-state index contributed by atoms with van der Waals surface area (Å²) in [7, 11) is 0. The largest absolute Gasteiger partial charge is 0.381 e. The average Bonchev–Trinajstić information content (AvgIpc) is 3.00. The molecule has 0 radical (unpaired) electrons. The van der Waals surface area contributed by atoms with E-state index in [1.807, 2.05) is 0 Å². The molecule has 0 unspecified atom stereocenters. The molecular formula is C18H26N2O2. The van der Waals surface area contributed by atoms with Gasteiger partial charge in [0.05, 0.1) is 12.5 Å². The molecule has 0 bridgehead atoms. The van der Waals surface area contributed by atoms with Gasteiger partial charge in [-0.05, 0) is 25.3 Å². The van der Waals surface area contributed by atoms with Crippen LogP contribution in [-0.4, -0.2) is 54.6 Å². The Bertz CT molecular complexity index is 485. The third kappa shape index (κ3) is 3.68. The fourth-order valence-corrected chi connectivity index (χ4v) is 3.52. The normalized spacial score (nSPS) is 26.9. The van der Waals surface area contributed by atoms with Gasteiger partial charge in [0, 0.05) is 38.8 Å². The lowest BCUT2D eigenvalue weighted by atomic mass is 10.1. The van der Waals surface area contributed by atoms with Gasteiger partial charge >= 0.3 is 0 Å². The first-order valence-electron chi connectivity index (χ1n) is 8.38. The van der Waals surface area contributed by atoms with Crippen LogP contribution in [0.15, 0.2) is 30.3 Å². The van der Waals surface area contributed by atoms with Crippen molar-refractivity contribution in [2.75, 3.05) is 32.8 Å². The first-order valence-corrected chi connectivity index (χ1v) is 8.38. The van der Waals surface area contributed by atoms with E-state index in [4.69, 9.17) is 4.74 Å². The van der Waals surface area contributed by atoms with Crippen LogP contribution >= 0.6 is 0 Å². The van der Waals surface area contributed by atoms with E-state index in [0.717, 1.165) is 45.6 Å². The van der Waals surface area contributed by atoms with E-state index in [1.54, 1.807) is 0 Å². The van der Waals surface area contributed by atoms with Crippen LogP contribution in [0.2, 0.25) is 0 Å². The second-order valence-electron chi connectivity index (χ2n) is 6.52. The van der Waals surface area contributed by atoms with E-state index < -0.39 is 0 Å². The van der Waals surface area contributed by atoms with Crippen LogP contribution in [0.5, 0.6) is 0 Å². The Balaban J connectivity index is 1.60. The monoisotopic (exact) mass is 302 g/mol. The number of carbonyl (C=O) groups excluding carboxylic acids is 1. The number of hydrogen-bond acceptors (Lipinski definition) is 3. The Morgan fingerprint density at radius 3 is 2.82 bits per heavy atom. The molecular weight excluding hydrogens is 276 g/mol. The van der Waals surface area contributed by atoms with Crippen molar-refractivity contribution >= 4 is 5.91 Å². The van der Waals surface area contributed by atoms with E-state index in [0.29, 0.717) is 12.5 Å². The fourth-order valence-electron chi connectivity index (χ4n) is 3.52. The van der Waals surface area contributed by atoms with Gasteiger partial charge in [-0.25, -0.2) is 0 Å². The molecule has 2 aliphatic rings. The van der Waals surface area contributed by atoms with Crippen LogP contribution in [0.25, 0.3) is 0 Å². The molecule has 0 N–H and O–H groups in total. The van der Waals surface area contributed by atoms with Crippen molar-refractivity contribution < 1.29 is 9.53 Å². The SMILES string of the molecule is C[C@@H]1CN(Cc2ccccc2)CCCN1C(=O)[C@H]1CCOC1. The Hall–Kier alpha value is -1.39. The standard InChI is InChI=1S/C18H26N2O2/c1-15-12-19(13-16-6-3-2-4-7-16)9-5-10-20(15)18(21)17-8-11-22-14-17/h2-4,6-7,15,17H,5,8-14H2,1H3/t15-,17+/m1/s1. The zero-order chi connectivity index (χ0) is 15.4. The van der Waals surface area contributed by atoms with E-state index in [-0.39, 0.29) is 12.0 Å². The van der Waals surface area contributed by atoms with Gasteiger partial charge in [0.25, 0.3) is 0 Å². The van der Waals surface area contributed by atoms with Crippen LogP contribution in [0.4, 0.5) is 0 Å². The zero-order valence-corrected chi connectivity index (χ0v) is 13.4. The highest BCUT2D eigenvalue weighted by Gasteiger charge is 2.32. The number of benzene rings is 1. The van der Waals surface area contributed by atoms with Crippen molar-refractivity contribution in [3.8, 4) is 0 Å². The molecule has 4 heteroatoms. The summed E-state index contributed by atoms with van der Waals surface area (Å²) in [6.45, 7) is 7.38. The molecule has 2 fully saturated rings. The van der Waals surface area contributed by atoms with Crippen LogP contribution in [0, 0.1) is 5.92 Å². The number of hydrogen-bond donors (Lipinski definition) is 0. The van der Waals surface area contributed by atoms with E-state index in [1.165, 1.54) is 5.56 Å². The molecule has 0 saturated carbocycles. The van der Waals surface area contributed by atoms with Gasteiger partial charge in [0.15, 0.2) is 0 Å². The third-order valence-corrected chi connectivity index (χ3v) is 4.74. The van der Waals surface area contributed by atoms with Crippen molar-refractivity contribution in [1.82, 2.24) is 9.80 Å². The highest BCUT2D eigenvalue weighted by Crippen LogP contribution is 2.20. The summed E-state index contributed by atoms with van der Waals surface area (Å²) in [6.07, 6.45) is 1.94. The van der Waals surface area contributed by atoms with E-state index >= 15 is 0 Å². The number of amides is 1. The number of rotatable bonds is 3. The van der Waals surface area contributed by atoms with Crippen LogP contribution in [0.1, 0.15) is 25.3 Å². The van der Waals surface area contributed by atoms with Gasteiger partial charge in [-0.15, -0.1) is 0 Å². The second-order valence-corrected chi connectivity index (χ2v) is 6.52. The average molecular weight is 302 g/mol. The Kier molecular flexibility index (Phi) is 5.11. The Labute approximate surface area is 133 Å². The van der Waals surface area contributed by atoms with E-state index in [2.05, 4.69) is 47.1 Å². The maximum absolute atomic E-state index is 12.7. The summed E-state index contributed by atoms with van der Waals surface area (Å²) in [5.41, 5.74) is 1.35. The van der Waals surface area contributed by atoms with Gasteiger partial charge in [0.2, 0.25) is 5.91 Å². The maximum atomic E-state index is 12.7. The Morgan fingerprint density at radius 1 is 1.27 bits per heavy atom. The fraction of sp³-hybridized carbons (Fsp3) is 0.611. The molecule has 1 aromatic carbocycles. The Morgan fingerprint density at radius 2 is 2.09 bits per heavy atom. The van der Waals surface area contributed by atoms with Crippen LogP contribution in [-0.2, 0) is 16.1 Å². The lowest BCUT2D eigenvalue weighted by molar-refractivity contribution is -0.137. The van der Waals surface area contributed by atoms with Crippen LogP contribution < -0.4 is 0 Å². The van der Waals surface area contributed by atoms with Crippen molar-refractivity contribution in [3.05, 3.63) is 35.9 Å². The molecule has 4 nitrogen and oxygen atoms in total. The molecule has 1 amide bonds. The summed E-state index contributed by atoms with van der Waals surface area (Å²) in [5, 5.41) is 0. The van der Waals surface area contributed by atoms with Crippen molar-refractivity contribution in [2.45, 2.75) is 32.4 Å². The lowest BCUT2D eigenvalue weighted by Crippen LogP contribution is -2.45. The van der Waals surface area contributed by atoms with Gasteiger partial charge in [-0.1, -0.05) is 30.3 Å². The molecule has 2 atom stereocenters. The maximum Gasteiger partial charge on any atom is 0.228 e. The molecule has 0 aliphatic carbocycles. The van der Waals surface area contributed by atoms with Crippen molar-refractivity contribution in [2.24, 2.45) is 5.92 Å². The molecule has 1 aromatic rings. The van der Waals surface area contributed by atoms with Gasteiger partial charge in [0.1, 0.15) is 0 Å². The van der Waals surface area contributed by atoms with Crippen molar-refractivity contribution in [3.63, 3.8) is 0 Å². The van der Waals surface area contributed by atoms with Gasteiger partial charge < -0.3 is 9.64 Å². The first kappa shape index (κ1) is 15.5. The summed E-state index contributed by atoms with van der Waals surface area (Å²) in [4.78, 5) is 17.2. The van der Waals surface area contributed by atoms with Gasteiger partial charge in [-0.3, -0.25) is 9.69 Å². The summed E-state index contributed by atoms with van der Waals surface area (Å²) in [6, 6.07) is 10.9. The van der Waals surface area contributed by atoms with Crippen LogP contribution in [0.3, 0.4) is 0 Å². The predicted octanol–water partition coefficient (Wildman–Crippen LogP) is 2.15. The highest BCUT2D eigenvalue weighted by atomic mass is 16.5.